The number of hydrogen-bond acceptors (Lipinski definition) is 12. The van der Waals surface area contributed by atoms with E-state index in [2.05, 4.69) is 10.6 Å². The van der Waals surface area contributed by atoms with E-state index in [1.54, 1.807) is 26.0 Å². The standard InChI is InChI=1S/C34H42N4O8/c1-4-18(2)33(43)45-25-15-23-30(42)29-24(41)14-21(17-40)44-32(29)28(22(9-12-39)20-8-11-37-27(36)13-20)31(23)46-34(25,3)10-7-19-5-6-26(35)38-16-19/h4-6,8,13-14,16,22,25-26,37-40,42H,7,9-12,15,17,35-36H2,1-3H3/b18-4-/t22-,25-,26?,34+/m1/s1. The maximum absolute atomic E-state index is 13.4. The minimum atomic E-state index is -1.12. The number of esters is 1. The molecule has 0 fully saturated rings. The molecular weight excluding hydrogens is 592 g/mol. The van der Waals surface area contributed by atoms with Gasteiger partial charge in [-0.2, -0.15) is 0 Å². The Morgan fingerprint density at radius 3 is 2.76 bits per heavy atom. The lowest BCUT2D eigenvalue weighted by Gasteiger charge is -2.43. The fourth-order valence-electron chi connectivity index (χ4n) is 6.11. The largest absolute Gasteiger partial charge is 0.507 e. The van der Waals surface area contributed by atoms with Crippen LogP contribution in [0.4, 0.5) is 0 Å². The number of aliphatic hydroxyl groups is 2. The Morgan fingerprint density at radius 2 is 2.11 bits per heavy atom. The highest BCUT2D eigenvalue weighted by Crippen LogP contribution is 2.51. The minimum absolute atomic E-state index is 0.00383. The molecule has 0 saturated heterocycles. The first-order valence-corrected chi connectivity index (χ1v) is 15.4. The van der Waals surface area contributed by atoms with Gasteiger partial charge in [0.05, 0.1) is 12.0 Å². The maximum Gasteiger partial charge on any atom is 0.333 e. The molecule has 1 aromatic heterocycles. The van der Waals surface area contributed by atoms with Crippen molar-refractivity contribution in [2.24, 2.45) is 11.5 Å². The van der Waals surface area contributed by atoms with Crippen LogP contribution in [0.2, 0.25) is 0 Å². The van der Waals surface area contributed by atoms with E-state index in [9.17, 15) is 24.9 Å². The lowest BCUT2D eigenvalue weighted by molar-refractivity contribution is -0.158. The number of phenols is 1. The average molecular weight is 635 g/mol. The number of phenolic OH excluding ortho intramolecular Hbond substituents is 1. The number of carbonyl (C=O) groups is 1. The molecule has 5 rings (SSSR count). The Balaban J connectivity index is 1.73. The molecule has 9 N–H and O–H groups in total. The number of aromatic hydroxyl groups is 1. The van der Waals surface area contributed by atoms with Crippen molar-refractivity contribution >= 4 is 16.9 Å². The number of aliphatic hydroxyl groups excluding tert-OH is 2. The van der Waals surface area contributed by atoms with E-state index < -0.39 is 35.6 Å². The van der Waals surface area contributed by atoms with E-state index in [4.69, 9.17) is 25.4 Å². The number of nitrogens with two attached hydrogens (primary N) is 2. The molecule has 0 amide bonds. The molecule has 0 radical (unpaired) electrons. The van der Waals surface area contributed by atoms with Gasteiger partial charge in [0.2, 0.25) is 0 Å². The predicted octanol–water partition coefficient (Wildman–Crippen LogP) is 2.47. The summed E-state index contributed by atoms with van der Waals surface area (Å²) in [5.74, 6) is -0.771. The zero-order valence-corrected chi connectivity index (χ0v) is 26.3. The van der Waals surface area contributed by atoms with Crippen LogP contribution in [0.3, 0.4) is 0 Å². The quantitative estimate of drug-likeness (QED) is 0.149. The average Bonchev–Trinajstić information content (AvgIpc) is 3.04. The Labute approximate surface area is 266 Å². The first-order chi connectivity index (χ1) is 22.0. The van der Waals surface area contributed by atoms with Crippen LogP contribution >= 0.6 is 0 Å². The number of allylic oxidation sites excluding steroid dienone is 5. The highest BCUT2D eigenvalue weighted by atomic mass is 16.6. The van der Waals surface area contributed by atoms with Crippen LogP contribution < -0.4 is 32.3 Å². The first-order valence-electron chi connectivity index (χ1n) is 15.4. The van der Waals surface area contributed by atoms with E-state index in [-0.39, 0.29) is 59.4 Å². The van der Waals surface area contributed by atoms with Gasteiger partial charge in [0.25, 0.3) is 0 Å². The summed E-state index contributed by atoms with van der Waals surface area (Å²) in [5, 5.41) is 37.9. The molecule has 1 aromatic carbocycles. The van der Waals surface area contributed by atoms with Crippen LogP contribution in [-0.4, -0.2) is 52.3 Å². The summed E-state index contributed by atoms with van der Waals surface area (Å²) >= 11 is 0. The van der Waals surface area contributed by atoms with Crippen LogP contribution in [0.5, 0.6) is 11.5 Å². The van der Waals surface area contributed by atoms with Crippen LogP contribution in [0.15, 0.2) is 74.4 Å². The summed E-state index contributed by atoms with van der Waals surface area (Å²) in [6, 6.07) is 1.13. The highest BCUT2D eigenvalue weighted by molar-refractivity contribution is 5.92. The van der Waals surface area contributed by atoms with Crippen molar-refractivity contribution in [3.05, 3.63) is 92.3 Å². The lowest BCUT2D eigenvalue weighted by atomic mass is 9.79. The summed E-state index contributed by atoms with van der Waals surface area (Å²) in [6.07, 6.45) is 11.0. The van der Waals surface area contributed by atoms with Gasteiger partial charge in [-0.3, -0.25) is 4.79 Å². The monoisotopic (exact) mass is 634 g/mol. The normalized spacial score (nSPS) is 23.3. The second-order valence-electron chi connectivity index (χ2n) is 12.0. The van der Waals surface area contributed by atoms with Crippen molar-refractivity contribution in [1.82, 2.24) is 10.6 Å². The zero-order valence-electron chi connectivity index (χ0n) is 26.3. The maximum atomic E-state index is 13.4. The number of ether oxygens (including phenoxy) is 2. The van der Waals surface area contributed by atoms with Gasteiger partial charge in [0.15, 0.2) is 5.43 Å². The van der Waals surface area contributed by atoms with Crippen LogP contribution in [0.1, 0.15) is 62.8 Å². The van der Waals surface area contributed by atoms with E-state index in [1.165, 1.54) is 0 Å². The highest BCUT2D eigenvalue weighted by Gasteiger charge is 2.47. The molecule has 4 heterocycles. The molecule has 4 atom stereocenters. The second kappa shape index (κ2) is 13.5. The van der Waals surface area contributed by atoms with Crippen LogP contribution in [-0.2, 0) is 22.6 Å². The van der Waals surface area contributed by atoms with Gasteiger partial charge in [-0.05, 0) is 63.3 Å². The summed E-state index contributed by atoms with van der Waals surface area (Å²) in [5.41, 5.74) is 13.3. The molecule has 0 saturated carbocycles. The fraction of sp³-hybridized carbons (Fsp3) is 0.412. The van der Waals surface area contributed by atoms with E-state index in [1.807, 2.05) is 31.4 Å². The molecule has 12 heteroatoms. The Bertz CT molecular complexity index is 1740. The van der Waals surface area contributed by atoms with Gasteiger partial charge in [-0.25, -0.2) is 4.79 Å². The molecule has 0 bridgehead atoms. The van der Waals surface area contributed by atoms with Gasteiger partial charge >= 0.3 is 5.97 Å². The number of fused-ring (bicyclic) bond motifs is 2. The van der Waals surface area contributed by atoms with Crippen molar-refractivity contribution < 1.29 is 34.0 Å². The van der Waals surface area contributed by atoms with Gasteiger partial charge in [-0.1, -0.05) is 18.2 Å². The molecular formula is C34H42N4O8. The third-order valence-electron chi connectivity index (χ3n) is 8.87. The number of rotatable bonds is 10. The number of carbonyl (C=O) groups excluding carboxylic acids is 1. The van der Waals surface area contributed by atoms with Crippen molar-refractivity contribution in [2.45, 2.75) is 76.9 Å². The Morgan fingerprint density at radius 1 is 1.33 bits per heavy atom. The summed E-state index contributed by atoms with van der Waals surface area (Å²) in [4.78, 5) is 26.5. The lowest BCUT2D eigenvalue weighted by Crippen LogP contribution is -2.51. The Hall–Kier alpha value is -4.52. The van der Waals surface area contributed by atoms with Crippen LogP contribution in [0.25, 0.3) is 11.0 Å². The molecule has 0 aliphatic carbocycles. The molecule has 12 nitrogen and oxygen atoms in total. The third kappa shape index (κ3) is 6.41. The molecule has 2 aromatic rings. The fourth-order valence-corrected chi connectivity index (χ4v) is 6.11. The van der Waals surface area contributed by atoms with E-state index >= 15 is 0 Å². The summed E-state index contributed by atoms with van der Waals surface area (Å²) < 4.78 is 19.0. The molecule has 246 valence electrons. The smallest absolute Gasteiger partial charge is 0.333 e. The van der Waals surface area contributed by atoms with E-state index in [0.717, 1.165) is 17.2 Å². The first kappa shape index (κ1) is 32.9. The van der Waals surface area contributed by atoms with Gasteiger partial charge in [0, 0.05) is 54.5 Å². The van der Waals surface area contributed by atoms with Gasteiger partial charge in [0.1, 0.15) is 46.5 Å². The minimum Gasteiger partial charge on any atom is -0.507 e. The molecule has 3 aliphatic rings. The van der Waals surface area contributed by atoms with Gasteiger partial charge in [-0.15, -0.1) is 0 Å². The molecule has 0 spiro atoms. The van der Waals surface area contributed by atoms with Gasteiger partial charge < -0.3 is 51.3 Å². The summed E-state index contributed by atoms with van der Waals surface area (Å²) in [6.45, 7) is 4.91. The number of nitrogens with one attached hydrogen (secondary N) is 2. The molecule has 46 heavy (non-hydrogen) atoms. The van der Waals surface area contributed by atoms with Crippen molar-refractivity contribution in [1.29, 1.82) is 0 Å². The predicted molar refractivity (Wildman–Crippen MR) is 172 cm³/mol. The van der Waals surface area contributed by atoms with Crippen LogP contribution in [0, 0.1) is 0 Å². The zero-order chi connectivity index (χ0) is 33.2. The molecule has 3 aliphatic heterocycles. The summed E-state index contributed by atoms with van der Waals surface area (Å²) in [7, 11) is 0. The Kier molecular flexibility index (Phi) is 9.61. The van der Waals surface area contributed by atoms with Crippen molar-refractivity contribution in [3.8, 4) is 11.5 Å². The van der Waals surface area contributed by atoms with E-state index in [0.29, 0.717) is 36.3 Å². The number of dihydropyridines is 2. The third-order valence-corrected chi connectivity index (χ3v) is 8.87. The molecule has 1 unspecified atom stereocenters. The topological polar surface area (TPSA) is 203 Å². The van der Waals surface area contributed by atoms with Crippen molar-refractivity contribution in [3.63, 3.8) is 0 Å². The number of benzene rings is 1. The second-order valence-corrected chi connectivity index (χ2v) is 12.0. The van der Waals surface area contributed by atoms with Crippen molar-refractivity contribution in [2.75, 3.05) is 13.2 Å². The number of hydrogen-bond donors (Lipinski definition) is 7. The SMILES string of the molecule is C/C=C(/C)C(=O)O[C@@H]1Cc2c(c([C@H](CCO)C3=CCNC(N)=C3)c3oc(CO)cc(=O)c3c2O)O[C@@]1(C)CCC1=CNC(N)C=C1.